The number of ether oxygens (including phenoxy) is 1. The van der Waals surface area contributed by atoms with Crippen LogP contribution >= 0.6 is 0 Å². The number of hydrogen-bond donors (Lipinski definition) is 1. The minimum absolute atomic E-state index is 0.138. The molecule has 1 unspecified atom stereocenters. The molecule has 116 valence electrons. The molecule has 0 radical (unpaired) electrons. The van der Waals surface area contributed by atoms with Crippen LogP contribution in [0.4, 0.5) is 0 Å². The maximum absolute atomic E-state index is 12.2. The number of nitrogens with one attached hydrogen (secondary N) is 1. The van der Waals surface area contributed by atoms with E-state index in [9.17, 15) is 9.59 Å². The monoisotopic (exact) mass is 291 g/mol. The highest BCUT2D eigenvalue weighted by Crippen LogP contribution is 2.10. The molecule has 0 fully saturated rings. The van der Waals surface area contributed by atoms with Crippen molar-refractivity contribution in [3.05, 3.63) is 35.9 Å². The highest BCUT2D eigenvalue weighted by molar-refractivity contribution is 5.96. The van der Waals surface area contributed by atoms with Crippen LogP contribution in [-0.2, 0) is 9.53 Å². The molecule has 0 aliphatic heterocycles. The van der Waals surface area contributed by atoms with E-state index in [0.29, 0.717) is 12.0 Å². The summed E-state index contributed by atoms with van der Waals surface area (Å²) in [5, 5.41) is 2.78. The largest absolute Gasteiger partial charge is 0.461 e. The smallest absolute Gasteiger partial charge is 0.328 e. The van der Waals surface area contributed by atoms with Gasteiger partial charge in [-0.15, -0.1) is 0 Å². The first-order valence-corrected chi connectivity index (χ1v) is 7.50. The van der Waals surface area contributed by atoms with E-state index in [-0.39, 0.29) is 23.9 Å². The summed E-state index contributed by atoms with van der Waals surface area (Å²) in [7, 11) is 0. The van der Waals surface area contributed by atoms with Crippen LogP contribution in [-0.4, -0.2) is 24.0 Å². The average molecular weight is 291 g/mol. The van der Waals surface area contributed by atoms with Crippen molar-refractivity contribution in [2.24, 2.45) is 5.92 Å². The minimum Gasteiger partial charge on any atom is -0.461 e. The van der Waals surface area contributed by atoms with Crippen LogP contribution in [0.15, 0.2) is 30.3 Å². The van der Waals surface area contributed by atoms with Crippen molar-refractivity contribution in [2.75, 3.05) is 0 Å². The molecule has 0 aliphatic rings. The van der Waals surface area contributed by atoms with Crippen molar-refractivity contribution in [2.45, 2.75) is 52.7 Å². The van der Waals surface area contributed by atoms with Gasteiger partial charge in [0.2, 0.25) is 0 Å². The third-order valence-electron chi connectivity index (χ3n) is 3.23. The van der Waals surface area contributed by atoms with Crippen molar-refractivity contribution in [1.82, 2.24) is 5.32 Å². The molecule has 1 aromatic rings. The topological polar surface area (TPSA) is 55.4 Å². The van der Waals surface area contributed by atoms with Crippen molar-refractivity contribution in [3.8, 4) is 0 Å². The Labute approximate surface area is 126 Å². The number of esters is 1. The van der Waals surface area contributed by atoms with E-state index in [2.05, 4.69) is 5.32 Å². The highest BCUT2D eigenvalue weighted by Gasteiger charge is 2.25. The maximum Gasteiger partial charge on any atom is 0.328 e. The Morgan fingerprint density at radius 1 is 1.14 bits per heavy atom. The van der Waals surface area contributed by atoms with Gasteiger partial charge in [0, 0.05) is 5.56 Å². The van der Waals surface area contributed by atoms with E-state index < -0.39 is 6.04 Å². The summed E-state index contributed by atoms with van der Waals surface area (Å²) in [6.07, 6.45) is 1.18. The van der Waals surface area contributed by atoms with Gasteiger partial charge in [-0.1, -0.05) is 39.0 Å². The SMILES string of the molecule is CCC(C)OC(=O)[C@@H](CC(C)C)NC(=O)c1ccccc1. The summed E-state index contributed by atoms with van der Waals surface area (Å²) in [5.74, 6) is -0.319. The van der Waals surface area contributed by atoms with Gasteiger partial charge < -0.3 is 10.1 Å². The molecule has 1 aromatic carbocycles. The van der Waals surface area contributed by atoms with Gasteiger partial charge in [0.25, 0.3) is 5.91 Å². The summed E-state index contributed by atoms with van der Waals surface area (Å²) in [6, 6.07) is 8.28. The third kappa shape index (κ3) is 5.98. The fourth-order valence-corrected chi connectivity index (χ4v) is 1.88. The summed E-state index contributed by atoms with van der Waals surface area (Å²) >= 11 is 0. The molecule has 1 N–H and O–H groups in total. The Morgan fingerprint density at radius 2 is 1.76 bits per heavy atom. The summed E-state index contributed by atoms with van der Waals surface area (Å²) in [6.45, 7) is 7.83. The molecule has 0 aliphatic carbocycles. The molecule has 2 atom stereocenters. The summed E-state index contributed by atoms with van der Waals surface area (Å²) < 4.78 is 5.35. The van der Waals surface area contributed by atoms with Gasteiger partial charge in [-0.2, -0.15) is 0 Å². The first-order chi connectivity index (χ1) is 9.93. The normalized spacial score (nSPS) is 13.6. The zero-order chi connectivity index (χ0) is 15.8. The van der Waals surface area contributed by atoms with Crippen LogP contribution in [0.25, 0.3) is 0 Å². The van der Waals surface area contributed by atoms with Crippen LogP contribution in [0.1, 0.15) is 50.9 Å². The predicted molar refractivity (Wildman–Crippen MR) is 83.0 cm³/mol. The van der Waals surface area contributed by atoms with E-state index >= 15 is 0 Å². The highest BCUT2D eigenvalue weighted by atomic mass is 16.5. The fourth-order valence-electron chi connectivity index (χ4n) is 1.88. The quantitative estimate of drug-likeness (QED) is 0.785. The zero-order valence-electron chi connectivity index (χ0n) is 13.3. The molecule has 0 heterocycles. The number of amides is 1. The standard InChI is InChI=1S/C17H25NO3/c1-5-13(4)21-17(20)15(11-12(2)3)18-16(19)14-9-7-6-8-10-14/h6-10,12-13,15H,5,11H2,1-4H3,(H,18,19)/t13?,15-/m1/s1. The maximum atomic E-state index is 12.2. The molecule has 0 saturated carbocycles. The number of carbonyl (C=O) groups is 2. The van der Waals surface area contributed by atoms with Crippen LogP contribution < -0.4 is 5.32 Å². The molecule has 0 bridgehead atoms. The van der Waals surface area contributed by atoms with E-state index in [0.717, 1.165) is 6.42 Å². The number of benzene rings is 1. The zero-order valence-corrected chi connectivity index (χ0v) is 13.3. The minimum atomic E-state index is -0.605. The first kappa shape index (κ1) is 17.2. The summed E-state index contributed by atoms with van der Waals surface area (Å²) in [4.78, 5) is 24.4. The van der Waals surface area contributed by atoms with Crippen LogP contribution in [0.2, 0.25) is 0 Å². The molecule has 0 spiro atoms. The van der Waals surface area contributed by atoms with Crippen LogP contribution in [0.3, 0.4) is 0 Å². The molecule has 1 amide bonds. The van der Waals surface area contributed by atoms with E-state index in [4.69, 9.17) is 4.74 Å². The molecule has 1 rings (SSSR count). The number of carbonyl (C=O) groups excluding carboxylic acids is 2. The van der Waals surface area contributed by atoms with Gasteiger partial charge in [0.05, 0.1) is 6.10 Å². The lowest BCUT2D eigenvalue weighted by molar-refractivity contribution is -0.151. The van der Waals surface area contributed by atoms with E-state index in [1.807, 2.05) is 33.8 Å². The second-order valence-electron chi connectivity index (χ2n) is 5.68. The van der Waals surface area contributed by atoms with Gasteiger partial charge in [0.1, 0.15) is 6.04 Å². The lowest BCUT2D eigenvalue weighted by atomic mass is 10.0. The van der Waals surface area contributed by atoms with Gasteiger partial charge in [-0.3, -0.25) is 4.79 Å². The van der Waals surface area contributed by atoms with E-state index in [1.165, 1.54) is 0 Å². The Kier molecular flexibility index (Phi) is 6.92. The number of hydrogen-bond acceptors (Lipinski definition) is 3. The molecular formula is C17H25NO3. The van der Waals surface area contributed by atoms with Gasteiger partial charge >= 0.3 is 5.97 Å². The molecule has 0 saturated heterocycles. The predicted octanol–water partition coefficient (Wildman–Crippen LogP) is 3.17. The fraction of sp³-hybridized carbons (Fsp3) is 0.529. The molecule has 4 nitrogen and oxygen atoms in total. The molecule has 4 heteroatoms. The second-order valence-corrected chi connectivity index (χ2v) is 5.68. The third-order valence-corrected chi connectivity index (χ3v) is 3.23. The molecule has 0 aromatic heterocycles. The van der Waals surface area contributed by atoms with Gasteiger partial charge in [0.15, 0.2) is 0 Å². The van der Waals surface area contributed by atoms with Crippen molar-refractivity contribution >= 4 is 11.9 Å². The van der Waals surface area contributed by atoms with E-state index in [1.54, 1.807) is 24.3 Å². The van der Waals surface area contributed by atoms with Gasteiger partial charge in [-0.25, -0.2) is 4.79 Å². The Hall–Kier alpha value is -1.84. The first-order valence-electron chi connectivity index (χ1n) is 7.50. The average Bonchev–Trinajstić information content (AvgIpc) is 2.46. The van der Waals surface area contributed by atoms with Crippen LogP contribution in [0.5, 0.6) is 0 Å². The Morgan fingerprint density at radius 3 is 2.29 bits per heavy atom. The van der Waals surface area contributed by atoms with Crippen molar-refractivity contribution < 1.29 is 14.3 Å². The number of rotatable bonds is 7. The van der Waals surface area contributed by atoms with Crippen molar-refractivity contribution in [1.29, 1.82) is 0 Å². The van der Waals surface area contributed by atoms with Gasteiger partial charge in [-0.05, 0) is 37.8 Å². The molecular weight excluding hydrogens is 266 g/mol. The second kappa shape index (κ2) is 8.45. The Bertz CT molecular complexity index is 456. The lowest BCUT2D eigenvalue weighted by Gasteiger charge is -2.21. The van der Waals surface area contributed by atoms with Crippen molar-refractivity contribution in [3.63, 3.8) is 0 Å². The van der Waals surface area contributed by atoms with Crippen LogP contribution in [0, 0.1) is 5.92 Å². The lowest BCUT2D eigenvalue weighted by Crippen LogP contribution is -2.43. The molecule has 21 heavy (non-hydrogen) atoms. The summed E-state index contributed by atoms with van der Waals surface area (Å²) in [5.41, 5.74) is 0.544. The Balaban J connectivity index is 2.74.